The maximum atomic E-state index is 13.9. The number of benzene rings is 2. The second kappa shape index (κ2) is 6.37. The maximum Gasteiger partial charge on any atom is 0.257 e. The number of para-hydroxylation sites is 1. The minimum Gasteiger partial charge on any atom is -0.332 e. The molecule has 0 aliphatic heterocycles. The molecular weight excluding hydrogens is 379 g/mol. The van der Waals surface area contributed by atoms with Crippen LogP contribution in [-0.4, -0.2) is 22.8 Å². The summed E-state index contributed by atoms with van der Waals surface area (Å²) in [7, 11) is 1.67. The first-order chi connectivity index (χ1) is 11.0. The van der Waals surface area contributed by atoms with E-state index in [0.29, 0.717) is 4.47 Å². The molecule has 1 atom stereocenters. The molecule has 1 amide bonds. The van der Waals surface area contributed by atoms with E-state index in [0.717, 1.165) is 15.2 Å². The summed E-state index contributed by atoms with van der Waals surface area (Å²) in [5, 5.41) is 0.831. The van der Waals surface area contributed by atoms with Gasteiger partial charge in [0.2, 0.25) is 0 Å². The van der Waals surface area contributed by atoms with Crippen LogP contribution in [0.25, 0.3) is 10.2 Å². The van der Waals surface area contributed by atoms with Crippen molar-refractivity contribution in [2.45, 2.75) is 13.0 Å². The van der Waals surface area contributed by atoms with Crippen LogP contribution in [0.3, 0.4) is 0 Å². The molecule has 0 saturated carbocycles. The van der Waals surface area contributed by atoms with Gasteiger partial charge in [-0.2, -0.15) is 0 Å². The van der Waals surface area contributed by atoms with Gasteiger partial charge in [-0.05, 0) is 37.3 Å². The van der Waals surface area contributed by atoms with Crippen molar-refractivity contribution >= 4 is 43.4 Å². The number of thiazole rings is 1. The summed E-state index contributed by atoms with van der Waals surface area (Å²) in [5.74, 6) is -0.892. The lowest BCUT2D eigenvalue weighted by atomic mass is 10.1. The zero-order valence-electron chi connectivity index (χ0n) is 12.6. The van der Waals surface area contributed by atoms with Crippen molar-refractivity contribution in [2.24, 2.45) is 0 Å². The normalized spacial score (nSPS) is 12.3. The van der Waals surface area contributed by atoms with Gasteiger partial charge in [0.15, 0.2) is 0 Å². The number of rotatable bonds is 3. The van der Waals surface area contributed by atoms with Crippen molar-refractivity contribution in [3.8, 4) is 0 Å². The standard InChI is InChI=1S/C17H14BrFN2OS/c1-10(16-20-14-5-3-4-6-15(14)23-16)21(2)17(22)12-9-11(18)7-8-13(12)19/h3-10H,1-2H3. The Bertz CT molecular complexity index is 847. The summed E-state index contributed by atoms with van der Waals surface area (Å²) in [6.07, 6.45) is 0. The van der Waals surface area contributed by atoms with E-state index in [1.54, 1.807) is 24.5 Å². The first-order valence-electron chi connectivity index (χ1n) is 7.05. The van der Waals surface area contributed by atoms with E-state index in [1.165, 1.54) is 17.0 Å². The van der Waals surface area contributed by atoms with Crippen molar-refractivity contribution in [1.29, 1.82) is 0 Å². The van der Waals surface area contributed by atoms with Gasteiger partial charge in [-0.3, -0.25) is 4.79 Å². The number of hydrogen-bond donors (Lipinski definition) is 0. The second-order valence-electron chi connectivity index (χ2n) is 5.24. The molecule has 1 aromatic heterocycles. The highest BCUT2D eigenvalue weighted by Crippen LogP contribution is 2.30. The van der Waals surface area contributed by atoms with Crippen molar-refractivity contribution < 1.29 is 9.18 Å². The fourth-order valence-electron chi connectivity index (χ4n) is 2.26. The second-order valence-corrected chi connectivity index (χ2v) is 7.21. The molecule has 23 heavy (non-hydrogen) atoms. The highest BCUT2D eigenvalue weighted by Gasteiger charge is 2.24. The molecule has 0 radical (unpaired) electrons. The molecule has 3 rings (SSSR count). The fourth-order valence-corrected chi connectivity index (χ4v) is 3.69. The summed E-state index contributed by atoms with van der Waals surface area (Å²) in [5.41, 5.74) is 0.962. The van der Waals surface area contributed by atoms with Crippen LogP contribution in [0.4, 0.5) is 4.39 Å². The van der Waals surface area contributed by atoms with Crippen LogP contribution in [-0.2, 0) is 0 Å². The van der Waals surface area contributed by atoms with Gasteiger partial charge >= 0.3 is 0 Å². The maximum absolute atomic E-state index is 13.9. The number of nitrogens with zero attached hydrogens (tertiary/aromatic N) is 2. The Balaban J connectivity index is 1.90. The first-order valence-corrected chi connectivity index (χ1v) is 8.66. The van der Waals surface area contributed by atoms with Crippen LogP contribution < -0.4 is 0 Å². The number of aromatic nitrogens is 1. The average Bonchev–Trinajstić information content (AvgIpc) is 2.99. The molecule has 0 saturated heterocycles. The summed E-state index contributed by atoms with van der Waals surface area (Å²) in [6, 6.07) is 12.0. The summed E-state index contributed by atoms with van der Waals surface area (Å²) >= 11 is 4.82. The molecule has 0 aliphatic rings. The van der Waals surface area contributed by atoms with Crippen LogP contribution in [0.2, 0.25) is 0 Å². The van der Waals surface area contributed by atoms with Gasteiger partial charge in [0.1, 0.15) is 10.8 Å². The molecule has 0 bridgehead atoms. The summed E-state index contributed by atoms with van der Waals surface area (Å²) in [6.45, 7) is 1.89. The third-order valence-corrected chi connectivity index (χ3v) is 5.43. The lowest BCUT2D eigenvalue weighted by Crippen LogP contribution is -2.30. The van der Waals surface area contributed by atoms with Gasteiger partial charge in [-0.1, -0.05) is 28.1 Å². The predicted molar refractivity (Wildman–Crippen MR) is 94.2 cm³/mol. The predicted octanol–water partition coefficient (Wildman–Crippen LogP) is 5.03. The molecular formula is C17H14BrFN2OS. The molecule has 118 valence electrons. The molecule has 0 N–H and O–H groups in total. The lowest BCUT2D eigenvalue weighted by Gasteiger charge is -2.23. The van der Waals surface area contributed by atoms with Gasteiger partial charge in [0.05, 0.1) is 21.8 Å². The Morgan fingerprint density at radius 1 is 1.30 bits per heavy atom. The Morgan fingerprint density at radius 2 is 2.04 bits per heavy atom. The number of fused-ring (bicyclic) bond motifs is 1. The number of carbonyl (C=O) groups is 1. The first kappa shape index (κ1) is 16.1. The van der Waals surface area contributed by atoms with Gasteiger partial charge < -0.3 is 4.90 Å². The number of amides is 1. The average molecular weight is 393 g/mol. The number of halogens is 2. The SMILES string of the molecule is CC(c1nc2ccccc2s1)N(C)C(=O)c1cc(Br)ccc1F. The Kier molecular flexibility index (Phi) is 4.46. The van der Waals surface area contributed by atoms with Gasteiger partial charge in [0, 0.05) is 11.5 Å². The van der Waals surface area contributed by atoms with E-state index in [1.807, 2.05) is 31.2 Å². The number of hydrogen-bond acceptors (Lipinski definition) is 3. The van der Waals surface area contributed by atoms with E-state index < -0.39 is 5.82 Å². The highest BCUT2D eigenvalue weighted by atomic mass is 79.9. The highest BCUT2D eigenvalue weighted by molar-refractivity contribution is 9.10. The van der Waals surface area contributed by atoms with Gasteiger partial charge in [0.25, 0.3) is 5.91 Å². The minimum atomic E-state index is -0.526. The van der Waals surface area contributed by atoms with E-state index in [9.17, 15) is 9.18 Å². The number of carbonyl (C=O) groups excluding carboxylic acids is 1. The van der Waals surface area contributed by atoms with Crippen molar-refractivity contribution in [2.75, 3.05) is 7.05 Å². The van der Waals surface area contributed by atoms with Gasteiger partial charge in [-0.25, -0.2) is 9.37 Å². The van der Waals surface area contributed by atoms with Crippen LogP contribution in [0.1, 0.15) is 28.3 Å². The fraction of sp³-hybridized carbons (Fsp3) is 0.176. The van der Waals surface area contributed by atoms with Crippen LogP contribution in [0.15, 0.2) is 46.9 Å². The van der Waals surface area contributed by atoms with Crippen LogP contribution in [0, 0.1) is 5.82 Å². The third kappa shape index (κ3) is 3.14. The summed E-state index contributed by atoms with van der Waals surface area (Å²) < 4.78 is 15.7. The molecule has 6 heteroatoms. The van der Waals surface area contributed by atoms with Crippen molar-refractivity contribution in [3.05, 3.63) is 63.3 Å². The molecule has 0 fully saturated rings. The largest absolute Gasteiger partial charge is 0.332 e. The van der Waals surface area contributed by atoms with Crippen LogP contribution >= 0.6 is 27.3 Å². The zero-order valence-corrected chi connectivity index (χ0v) is 15.0. The smallest absolute Gasteiger partial charge is 0.257 e. The third-order valence-electron chi connectivity index (χ3n) is 3.73. The molecule has 3 nitrogen and oxygen atoms in total. The van der Waals surface area contributed by atoms with E-state index in [2.05, 4.69) is 20.9 Å². The van der Waals surface area contributed by atoms with E-state index >= 15 is 0 Å². The van der Waals surface area contributed by atoms with Crippen molar-refractivity contribution in [3.63, 3.8) is 0 Å². The molecule has 1 unspecified atom stereocenters. The monoisotopic (exact) mass is 392 g/mol. The molecule has 2 aromatic carbocycles. The minimum absolute atomic E-state index is 0.0508. The molecule has 3 aromatic rings. The van der Waals surface area contributed by atoms with Gasteiger partial charge in [-0.15, -0.1) is 11.3 Å². The topological polar surface area (TPSA) is 33.2 Å². The quantitative estimate of drug-likeness (QED) is 0.625. The summed E-state index contributed by atoms with van der Waals surface area (Å²) in [4.78, 5) is 18.7. The lowest BCUT2D eigenvalue weighted by molar-refractivity contribution is 0.0737. The Labute approximate surface area is 145 Å². The Hall–Kier alpha value is -1.79. The van der Waals surface area contributed by atoms with E-state index in [-0.39, 0.29) is 17.5 Å². The van der Waals surface area contributed by atoms with Crippen molar-refractivity contribution in [1.82, 2.24) is 9.88 Å². The molecule has 0 aliphatic carbocycles. The van der Waals surface area contributed by atoms with Crippen LogP contribution in [0.5, 0.6) is 0 Å². The molecule has 0 spiro atoms. The molecule has 1 heterocycles. The zero-order chi connectivity index (χ0) is 16.6. The van der Waals surface area contributed by atoms with E-state index in [4.69, 9.17) is 0 Å². The Morgan fingerprint density at radius 3 is 2.78 bits per heavy atom.